The van der Waals surface area contributed by atoms with E-state index in [2.05, 4.69) is 11.4 Å². The molecule has 114 valence electrons. The molecule has 0 spiro atoms. The number of anilines is 1. The van der Waals surface area contributed by atoms with Crippen LogP contribution in [0.15, 0.2) is 34.7 Å². The van der Waals surface area contributed by atoms with Gasteiger partial charge in [0.1, 0.15) is 5.82 Å². The highest BCUT2D eigenvalue weighted by molar-refractivity contribution is 8.00. The number of hydrogen-bond acceptors (Lipinski definition) is 3. The Balaban J connectivity index is 1.68. The lowest BCUT2D eigenvalue weighted by Crippen LogP contribution is -2.26. The highest BCUT2D eigenvalue weighted by Crippen LogP contribution is 2.22. The Morgan fingerprint density at radius 3 is 2.90 bits per heavy atom. The monoisotopic (exact) mass is 308 g/mol. The van der Waals surface area contributed by atoms with Crippen LogP contribution >= 0.6 is 11.8 Å². The fourth-order valence-corrected chi connectivity index (χ4v) is 3.18. The molecule has 3 nitrogen and oxygen atoms in total. The molecule has 0 radical (unpaired) electrons. The van der Waals surface area contributed by atoms with Gasteiger partial charge in [0.05, 0.1) is 5.75 Å². The standard InChI is InChI=1S/C16H21FN2OS/c17-13-8-14(18)10-15(9-13)21-11-16(20)19-7-6-12-4-2-1-3-5-12/h4,8-10H,1-3,5-7,11,18H2,(H,19,20). The van der Waals surface area contributed by atoms with Gasteiger partial charge in [0.2, 0.25) is 5.91 Å². The van der Waals surface area contributed by atoms with Crippen molar-refractivity contribution in [3.8, 4) is 0 Å². The van der Waals surface area contributed by atoms with Gasteiger partial charge in [-0.1, -0.05) is 11.6 Å². The van der Waals surface area contributed by atoms with Crippen molar-refractivity contribution in [2.75, 3.05) is 18.0 Å². The van der Waals surface area contributed by atoms with Crippen LogP contribution in [0.25, 0.3) is 0 Å². The number of carbonyl (C=O) groups excluding carboxylic acids is 1. The number of rotatable bonds is 6. The van der Waals surface area contributed by atoms with Crippen molar-refractivity contribution in [2.45, 2.75) is 37.0 Å². The van der Waals surface area contributed by atoms with Crippen molar-refractivity contribution in [2.24, 2.45) is 0 Å². The number of allylic oxidation sites excluding steroid dienone is 1. The van der Waals surface area contributed by atoms with Crippen molar-refractivity contribution >= 4 is 23.4 Å². The summed E-state index contributed by atoms with van der Waals surface area (Å²) in [6.07, 6.45) is 8.09. The van der Waals surface area contributed by atoms with E-state index in [4.69, 9.17) is 5.73 Å². The number of nitrogens with one attached hydrogen (secondary N) is 1. The van der Waals surface area contributed by atoms with E-state index in [1.165, 1.54) is 48.7 Å². The first-order valence-corrected chi connectivity index (χ1v) is 8.25. The fraction of sp³-hybridized carbons (Fsp3) is 0.438. The Morgan fingerprint density at radius 1 is 1.33 bits per heavy atom. The van der Waals surface area contributed by atoms with E-state index in [1.54, 1.807) is 6.07 Å². The van der Waals surface area contributed by atoms with E-state index in [0.29, 0.717) is 17.1 Å². The molecule has 0 atom stereocenters. The number of amides is 1. The highest BCUT2D eigenvalue weighted by Gasteiger charge is 2.06. The van der Waals surface area contributed by atoms with Crippen LogP contribution < -0.4 is 11.1 Å². The lowest BCUT2D eigenvalue weighted by atomic mass is 9.97. The van der Waals surface area contributed by atoms with Crippen LogP contribution in [-0.2, 0) is 4.79 Å². The van der Waals surface area contributed by atoms with Crippen molar-refractivity contribution in [3.05, 3.63) is 35.7 Å². The van der Waals surface area contributed by atoms with E-state index in [9.17, 15) is 9.18 Å². The predicted octanol–water partition coefficient (Wildman–Crippen LogP) is 3.51. The zero-order chi connectivity index (χ0) is 15.1. The molecule has 0 saturated carbocycles. The molecule has 1 amide bonds. The molecule has 2 rings (SSSR count). The van der Waals surface area contributed by atoms with Crippen LogP contribution in [-0.4, -0.2) is 18.2 Å². The SMILES string of the molecule is Nc1cc(F)cc(SCC(=O)NCCC2=CCCCC2)c1. The molecule has 1 aliphatic carbocycles. The fourth-order valence-electron chi connectivity index (χ4n) is 2.36. The lowest BCUT2D eigenvalue weighted by Gasteiger charge is -2.12. The topological polar surface area (TPSA) is 55.1 Å². The van der Waals surface area contributed by atoms with Crippen molar-refractivity contribution in [3.63, 3.8) is 0 Å². The van der Waals surface area contributed by atoms with Crippen LogP contribution in [0.3, 0.4) is 0 Å². The van der Waals surface area contributed by atoms with Gasteiger partial charge in [-0.15, -0.1) is 11.8 Å². The van der Waals surface area contributed by atoms with Crippen molar-refractivity contribution in [1.82, 2.24) is 5.32 Å². The van der Waals surface area contributed by atoms with E-state index in [-0.39, 0.29) is 17.5 Å². The molecule has 0 aromatic heterocycles. The lowest BCUT2D eigenvalue weighted by molar-refractivity contribution is -0.118. The van der Waals surface area contributed by atoms with Gasteiger partial charge in [0, 0.05) is 17.1 Å². The maximum atomic E-state index is 13.2. The zero-order valence-electron chi connectivity index (χ0n) is 12.0. The van der Waals surface area contributed by atoms with Crippen LogP contribution in [0, 0.1) is 5.82 Å². The third kappa shape index (κ3) is 5.79. The molecular formula is C16H21FN2OS. The summed E-state index contributed by atoms with van der Waals surface area (Å²) in [4.78, 5) is 12.4. The summed E-state index contributed by atoms with van der Waals surface area (Å²) < 4.78 is 13.2. The molecule has 1 aromatic carbocycles. The average molecular weight is 308 g/mol. The highest BCUT2D eigenvalue weighted by atomic mass is 32.2. The third-order valence-electron chi connectivity index (χ3n) is 3.42. The van der Waals surface area contributed by atoms with Crippen molar-refractivity contribution < 1.29 is 9.18 Å². The molecule has 0 bridgehead atoms. The Bertz CT molecular complexity index is 511. The maximum absolute atomic E-state index is 13.2. The number of thioether (sulfide) groups is 1. The van der Waals surface area contributed by atoms with E-state index in [1.807, 2.05) is 0 Å². The van der Waals surface area contributed by atoms with Gasteiger partial charge in [-0.3, -0.25) is 4.79 Å². The molecule has 0 saturated heterocycles. The van der Waals surface area contributed by atoms with Crippen LogP contribution in [0.2, 0.25) is 0 Å². The van der Waals surface area contributed by atoms with E-state index in [0.717, 1.165) is 12.8 Å². The maximum Gasteiger partial charge on any atom is 0.230 e. The second kappa shape index (κ2) is 8.08. The molecule has 0 heterocycles. The Hall–Kier alpha value is -1.49. The molecule has 0 aliphatic heterocycles. The number of nitrogen functional groups attached to an aromatic ring is 1. The average Bonchev–Trinajstić information content (AvgIpc) is 2.45. The minimum absolute atomic E-state index is 0.0285. The second-order valence-corrected chi connectivity index (χ2v) is 6.27. The summed E-state index contributed by atoms with van der Waals surface area (Å²) in [5.74, 6) is -0.122. The van der Waals surface area contributed by atoms with E-state index >= 15 is 0 Å². The minimum Gasteiger partial charge on any atom is -0.399 e. The molecule has 5 heteroatoms. The second-order valence-electron chi connectivity index (χ2n) is 5.22. The molecule has 21 heavy (non-hydrogen) atoms. The van der Waals surface area contributed by atoms with Crippen molar-refractivity contribution in [1.29, 1.82) is 0 Å². The minimum atomic E-state index is -0.373. The Morgan fingerprint density at radius 2 is 2.19 bits per heavy atom. The normalized spacial score (nSPS) is 14.6. The smallest absolute Gasteiger partial charge is 0.230 e. The molecule has 1 aliphatic rings. The molecule has 0 fully saturated rings. The van der Waals surface area contributed by atoms with Crippen LogP contribution in [0.1, 0.15) is 32.1 Å². The number of hydrogen-bond donors (Lipinski definition) is 2. The number of halogens is 1. The molecule has 3 N–H and O–H groups in total. The summed E-state index contributed by atoms with van der Waals surface area (Å²) in [5.41, 5.74) is 7.40. The summed E-state index contributed by atoms with van der Waals surface area (Å²) in [5, 5.41) is 2.90. The number of benzene rings is 1. The van der Waals surface area contributed by atoms with Gasteiger partial charge in [0.25, 0.3) is 0 Å². The predicted molar refractivity (Wildman–Crippen MR) is 85.7 cm³/mol. The van der Waals surface area contributed by atoms with Crippen LogP contribution in [0.5, 0.6) is 0 Å². The number of carbonyl (C=O) groups is 1. The summed E-state index contributed by atoms with van der Waals surface area (Å²) in [6.45, 7) is 0.677. The first-order chi connectivity index (χ1) is 10.1. The van der Waals surface area contributed by atoms with Crippen LogP contribution in [0.4, 0.5) is 10.1 Å². The van der Waals surface area contributed by atoms with E-state index < -0.39 is 0 Å². The van der Waals surface area contributed by atoms with Gasteiger partial charge in [0.15, 0.2) is 0 Å². The van der Waals surface area contributed by atoms with Gasteiger partial charge < -0.3 is 11.1 Å². The first-order valence-electron chi connectivity index (χ1n) is 7.27. The molecule has 1 aromatic rings. The molecule has 0 unspecified atom stereocenters. The summed E-state index contributed by atoms with van der Waals surface area (Å²) in [7, 11) is 0. The molecular weight excluding hydrogens is 287 g/mol. The van der Waals surface area contributed by atoms with Gasteiger partial charge in [-0.2, -0.15) is 0 Å². The largest absolute Gasteiger partial charge is 0.399 e. The van der Waals surface area contributed by atoms with Gasteiger partial charge in [-0.25, -0.2) is 4.39 Å². The van der Waals surface area contributed by atoms with Gasteiger partial charge in [-0.05, 0) is 50.3 Å². The quantitative estimate of drug-likeness (QED) is 0.480. The van der Waals surface area contributed by atoms with Gasteiger partial charge >= 0.3 is 0 Å². The Labute approximate surface area is 129 Å². The summed E-state index contributed by atoms with van der Waals surface area (Å²) >= 11 is 1.30. The number of nitrogens with two attached hydrogens (primary N) is 1. The Kier molecular flexibility index (Phi) is 6.11. The third-order valence-corrected chi connectivity index (χ3v) is 4.39. The zero-order valence-corrected chi connectivity index (χ0v) is 12.8. The first kappa shape index (κ1) is 15.9. The summed E-state index contributed by atoms with van der Waals surface area (Å²) in [6, 6.07) is 4.33.